The highest BCUT2D eigenvalue weighted by Gasteiger charge is 2.49. The first-order valence-electron chi connectivity index (χ1n) is 10.4. The van der Waals surface area contributed by atoms with Gasteiger partial charge in [-0.15, -0.1) is 0 Å². The zero-order valence-corrected chi connectivity index (χ0v) is 19.4. The fourth-order valence-electron chi connectivity index (χ4n) is 6.29. The molecule has 0 unspecified atom stereocenters. The van der Waals surface area contributed by atoms with Gasteiger partial charge in [-0.2, -0.15) is 12.7 Å². The first-order chi connectivity index (χ1) is 14.2. The zero-order valence-electron chi connectivity index (χ0n) is 16.4. The van der Waals surface area contributed by atoms with E-state index in [0.717, 1.165) is 16.1 Å². The molecule has 0 spiro atoms. The van der Waals surface area contributed by atoms with E-state index in [1.54, 1.807) is 0 Å². The summed E-state index contributed by atoms with van der Waals surface area (Å²) >= 11 is 18.4. The number of hydrogen-bond acceptors (Lipinski definition) is 3. The van der Waals surface area contributed by atoms with E-state index in [1.807, 2.05) is 0 Å². The molecule has 6 nitrogen and oxygen atoms in total. The van der Waals surface area contributed by atoms with Gasteiger partial charge in [-0.25, -0.2) is 0 Å². The normalized spacial score (nSPS) is 34.5. The Balaban J connectivity index is 1.28. The molecule has 0 radical (unpaired) electrons. The molecule has 1 saturated heterocycles. The average molecular weight is 493 g/mol. The third-order valence-electron chi connectivity index (χ3n) is 7.26. The third-order valence-corrected chi connectivity index (χ3v) is 9.94. The van der Waals surface area contributed by atoms with Crippen LogP contribution in [0.4, 0.5) is 5.69 Å². The van der Waals surface area contributed by atoms with Crippen LogP contribution >= 0.6 is 34.8 Å². The van der Waals surface area contributed by atoms with Gasteiger partial charge in [0.2, 0.25) is 5.91 Å². The van der Waals surface area contributed by atoms with Crippen molar-refractivity contribution in [3.05, 3.63) is 27.2 Å². The summed E-state index contributed by atoms with van der Waals surface area (Å²) < 4.78 is 28.5. The number of nitrogens with zero attached hydrogens (tertiary/aromatic N) is 2. The fraction of sp³-hybridized carbons (Fsp3) is 0.650. The lowest BCUT2D eigenvalue weighted by atomic mass is 9.54. The summed E-state index contributed by atoms with van der Waals surface area (Å²) in [7, 11) is -3.90. The van der Waals surface area contributed by atoms with Gasteiger partial charge in [-0.05, 0) is 67.9 Å². The van der Waals surface area contributed by atoms with Crippen molar-refractivity contribution in [3.63, 3.8) is 0 Å². The number of carbonyl (C=O) groups is 1. The van der Waals surface area contributed by atoms with Gasteiger partial charge in [0, 0.05) is 24.2 Å². The summed E-state index contributed by atoms with van der Waals surface area (Å²) in [5, 5.41) is 3.84. The molecule has 30 heavy (non-hydrogen) atoms. The summed E-state index contributed by atoms with van der Waals surface area (Å²) in [6.07, 6.45) is 6.14. The van der Waals surface area contributed by atoms with Crippen LogP contribution < -0.4 is 9.62 Å². The predicted octanol–water partition coefficient (Wildman–Crippen LogP) is 3.95. The number of anilines is 1. The van der Waals surface area contributed by atoms with Crippen LogP contribution in [0, 0.1) is 23.7 Å². The molecule has 5 fully saturated rings. The minimum atomic E-state index is -3.90. The van der Waals surface area contributed by atoms with Crippen LogP contribution in [-0.2, 0) is 15.0 Å². The van der Waals surface area contributed by atoms with Crippen molar-refractivity contribution in [1.82, 2.24) is 9.62 Å². The molecule has 1 aliphatic heterocycles. The third kappa shape index (κ3) is 3.60. The van der Waals surface area contributed by atoms with Crippen molar-refractivity contribution in [1.29, 1.82) is 0 Å². The summed E-state index contributed by atoms with van der Waals surface area (Å²) in [6, 6.07) is 3.11. The first-order valence-corrected chi connectivity index (χ1v) is 13.0. The van der Waals surface area contributed by atoms with Gasteiger partial charge in [-0.3, -0.25) is 9.10 Å². The molecule has 4 aliphatic carbocycles. The summed E-state index contributed by atoms with van der Waals surface area (Å²) in [5.74, 6) is 2.50. The summed E-state index contributed by atoms with van der Waals surface area (Å²) in [4.78, 5) is 12.8. The molecule has 1 aromatic rings. The van der Waals surface area contributed by atoms with E-state index in [2.05, 4.69) is 5.32 Å². The number of rotatable bonds is 4. The van der Waals surface area contributed by atoms with Gasteiger partial charge >= 0.3 is 10.2 Å². The molecule has 1 aromatic carbocycles. The fourth-order valence-corrected chi connectivity index (χ4v) is 9.02. The molecule has 5 aliphatic rings. The van der Waals surface area contributed by atoms with Gasteiger partial charge in [0.1, 0.15) is 0 Å². The Morgan fingerprint density at radius 3 is 2.10 bits per heavy atom. The van der Waals surface area contributed by atoms with Crippen molar-refractivity contribution in [2.24, 2.45) is 23.7 Å². The SMILES string of the molecule is O=C(CN1CCN(c2c(Cl)cc(Cl)cc2Cl)S1(=O)=O)NC1C2CC3CC(C2)CC1C3. The number of hydrogen-bond donors (Lipinski definition) is 1. The second-order valence-corrected chi connectivity index (χ2v) is 12.3. The van der Waals surface area contributed by atoms with Gasteiger partial charge in [0.15, 0.2) is 0 Å². The van der Waals surface area contributed by atoms with E-state index < -0.39 is 10.2 Å². The zero-order chi connectivity index (χ0) is 21.2. The molecule has 0 aromatic heterocycles. The van der Waals surface area contributed by atoms with E-state index in [4.69, 9.17) is 34.8 Å². The Kier molecular flexibility index (Phi) is 5.42. The standard InChI is InChI=1S/C20H24Cl3N3O3S/c21-15-8-16(22)20(17(23)9-15)26-2-1-25(30(26,28)29)10-18(27)24-19-13-4-11-3-12(6-13)7-14(19)5-11/h8-9,11-14,19H,1-7,10H2,(H,24,27). The molecule has 1 N–H and O–H groups in total. The Bertz CT molecular complexity index is 936. The highest BCUT2D eigenvalue weighted by Crippen LogP contribution is 2.53. The van der Waals surface area contributed by atoms with Gasteiger partial charge in [0.05, 0.1) is 22.3 Å². The van der Waals surface area contributed by atoms with Crippen LogP contribution in [0.1, 0.15) is 32.1 Å². The van der Waals surface area contributed by atoms with E-state index in [0.29, 0.717) is 16.9 Å². The molecule has 1 amide bonds. The van der Waals surface area contributed by atoms with Crippen molar-refractivity contribution in [2.75, 3.05) is 23.9 Å². The number of carbonyl (C=O) groups excluding carboxylic acids is 1. The summed E-state index contributed by atoms with van der Waals surface area (Å²) in [6.45, 7) is 0.186. The predicted molar refractivity (Wildman–Crippen MR) is 118 cm³/mol. The minimum absolute atomic E-state index is 0.163. The lowest BCUT2D eigenvalue weighted by molar-refractivity contribution is -0.125. The molecule has 0 atom stereocenters. The lowest BCUT2D eigenvalue weighted by Gasteiger charge is -2.54. The monoisotopic (exact) mass is 491 g/mol. The van der Waals surface area contributed by atoms with E-state index in [9.17, 15) is 13.2 Å². The maximum Gasteiger partial charge on any atom is 0.304 e. The topological polar surface area (TPSA) is 69.7 Å². The molecule has 6 rings (SSSR count). The van der Waals surface area contributed by atoms with Gasteiger partial charge < -0.3 is 5.32 Å². The van der Waals surface area contributed by atoms with Crippen LogP contribution in [0.25, 0.3) is 0 Å². The summed E-state index contributed by atoms with van der Waals surface area (Å²) in [5.41, 5.74) is 0.201. The van der Waals surface area contributed by atoms with Crippen molar-refractivity contribution in [3.8, 4) is 0 Å². The maximum atomic E-state index is 13.1. The molecule has 10 heteroatoms. The second-order valence-electron chi connectivity index (χ2n) is 9.16. The van der Waals surface area contributed by atoms with Gasteiger partial charge in [0.25, 0.3) is 0 Å². The average Bonchev–Trinajstić information content (AvgIpc) is 2.91. The molecule has 4 bridgehead atoms. The largest absolute Gasteiger partial charge is 0.352 e. The van der Waals surface area contributed by atoms with E-state index in [-0.39, 0.29) is 47.3 Å². The van der Waals surface area contributed by atoms with E-state index in [1.165, 1.54) is 48.5 Å². The van der Waals surface area contributed by atoms with Crippen LogP contribution in [0.5, 0.6) is 0 Å². The van der Waals surface area contributed by atoms with Crippen molar-refractivity contribution >= 4 is 56.6 Å². The van der Waals surface area contributed by atoms with Crippen LogP contribution in [0.3, 0.4) is 0 Å². The smallest absolute Gasteiger partial charge is 0.304 e. The maximum absolute atomic E-state index is 13.1. The Hall–Kier alpha value is -0.730. The number of halogens is 3. The highest BCUT2D eigenvalue weighted by atomic mass is 35.5. The molecule has 164 valence electrons. The molecular weight excluding hydrogens is 469 g/mol. The number of amides is 1. The van der Waals surface area contributed by atoms with Crippen molar-refractivity contribution in [2.45, 2.75) is 38.1 Å². The molecule has 1 heterocycles. The van der Waals surface area contributed by atoms with Crippen LogP contribution in [0.2, 0.25) is 15.1 Å². The van der Waals surface area contributed by atoms with Crippen molar-refractivity contribution < 1.29 is 13.2 Å². The first kappa shape index (κ1) is 21.1. The number of benzene rings is 1. The Morgan fingerprint density at radius 1 is 0.967 bits per heavy atom. The van der Waals surface area contributed by atoms with Gasteiger partial charge in [-0.1, -0.05) is 34.8 Å². The molecular formula is C20H24Cl3N3O3S. The second kappa shape index (κ2) is 7.69. The highest BCUT2D eigenvalue weighted by molar-refractivity contribution is 7.90. The van der Waals surface area contributed by atoms with Crippen LogP contribution in [0.15, 0.2) is 12.1 Å². The van der Waals surface area contributed by atoms with E-state index >= 15 is 0 Å². The lowest BCUT2D eigenvalue weighted by Crippen LogP contribution is -2.57. The Labute approximate surface area is 192 Å². The van der Waals surface area contributed by atoms with Crippen LogP contribution in [-0.4, -0.2) is 44.3 Å². The Morgan fingerprint density at radius 2 is 1.53 bits per heavy atom. The quantitative estimate of drug-likeness (QED) is 0.692. The number of nitrogens with one attached hydrogen (secondary N) is 1. The minimum Gasteiger partial charge on any atom is -0.352 e. The molecule has 4 saturated carbocycles.